The fourth-order valence-electron chi connectivity index (χ4n) is 3.53. The van der Waals surface area contributed by atoms with E-state index in [0.29, 0.717) is 25.8 Å². The standard InChI is InChI=1S/C17H26N4O3/c1-24-17(23)15-5-2-3-9-20(15)16(22)7-6-13-11-14-12-18-8-4-10-21(14)19-13/h11,15,18H,2-10,12H2,1H3. The van der Waals surface area contributed by atoms with E-state index in [1.54, 1.807) is 4.90 Å². The molecule has 2 aliphatic rings. The van der Waals surface area contributed by atoms with Crippen molar-refractivity contribution in [2.24, 2.45) is 0 Å². The Morgan fingerprint density at radius 1 is 1.33 bits per heavy atom. The number of nitrogens with one attached hydrogen (secondary N) is 1. The molecule has 0 aliphatic carbocycles. The number of esters is 1. The van der Waals surface area contributed by atoms with Crippen LogP contribution in [0.15, 0.2) is 6.07 Å². The summed E-state index contributed by atoms with van der Waals surface area (Å²) in [5.41, 5.74) is 2.13. The molecule has 7 nitrogen and oxygen atoms in total. The molecule has 1 unspecified atom stereocenters. The van der Waals surface area contributed by atoms with E-state index in [2.05, 4.69) is 16.5 Å². The third-order valence-electron chi connectivity index (χ3n) is 4.83. The highest BCUT2D eigenvalue weighted by atomic mass is 16.5. The van der Waals surface area contributed by atoms with Gasteiger partial charge in [-0.2, -0.15) is 5.10 Å². The summed E-state index contributed by atoms with van der Waals surface area (Å²) in [4.78, 5) is 26.1. The number of fused-ring (bicyclic) bond motifs is 1. The Hall–Kier alpha value is -1.89. The first-order chi connectivity index (χ1) is 11.7. The molecule has 3 heterocycles. The van der Waals surface area contributed by atoms with E-state index in [-0.39, 0.29) is 11.9 Å². The van der Waals surface area contributed by atoms with Gasteiger partial charge in [-0.3, -0.25) is 9.48 Å². The average Bonchev–Trinajstić information content (AvgIpc) is 2.88. The second-order valence-corrected chi connectivity index (χ2v) is 6.50. The molecule has 132 valence electrons. The summed E-state index contributed by atoms with van der Waals surface area (Å²) < 4.78 is 6.88. The zero-order valence-electron chi connectivity index (χ0n) is 14.3. The molecule has 3 rings (SSSR count). The second-order valence-electron chi connectivity index (χ2n) is 6.50. The van der Waals surface area contributed by atoms with Gasteiger partial charge in [0.2, 0.25) is 5.91 Å². The Bertz CT molecular complexity index is 575. The molecule has 7 heteroatoms. The molecule has 0 aromatic carbocycles. The minimum atomic E-state index is -0.417. The van der Waals surface area contributed by atoms with E-state index in [0.717, 1.165) is 44.6 Å². The van der Waals surface area contributed by atoms with Gasteiger partial charge in [0, 0.05) is 32.5 Å². The first kappa shape index (κ1) is 17.0. The van der Waals surface area contributed by atoms with E-state index < -0.39 is 6.04 Å². The number of carbonyl (C=O) groups is 2. The number of methoxy groups -OCH3 is 1. The van der Waals surface area contributed by atoms with Crippen LogP contribution in [0.5, 0.6) is 0 Å². The van der Waals surface area contributed by atoms with Gasteiger partial charge in [0.15, 0.2) is 0 Å². The summed E-state index contributed by atoms with van der Waals surface area (Å²) in [6, 6.07) is 1.67. The van der Waals surface area contributed by atoms with Crippen molar-refractivity contribution in [2.75, 3.05) is 20.2 Å². The number of aromatic nitrogens is 2. The first-order valence-corrected chi connectivity index (χ1v) is 8.82. The van der Waals surface area contributed by atoms with E-state index in [1.807, 2.05) is 4.68 Å². The van der Waals surface area contributed by atoms with Crippen molar-refractivity contribution in [3.05, 3.63) is 17.5 Å². The number of nitrogens with zero attached hydrogens (tertiary/aromatic N) is 3. The van der Waals surface area contributed by atoms with E-state index in [4.69, 9.17) is 4.74 Å². The van der Waals surface area contributed by atoms with Gasteiger partial charge >= 0.3 is 5.97 Å². The number of ether oxygens (including phenoxy) is 1. The SMILES string of the molecule is COC(=O)C1CCCCN1C(=O)CCc1cc2n(n1)CCCNC2. The van der Waals surface area contributed by atoms with E-state index in [1.165, 1.54) is 12.8 Å². The number of amides is 1. The smallest absolute Gasteiger partial charge is 0.328 e. The molecule has 1 aromatic heterocycles. The minimum absolute atomic E-state index is 0.0198. The molecule has 1 N–H and O–H groups in total. The van der Waals surface area contributed by atoms with Crippen molar-refractivity contribution in [1.29, 1.82) is 0 Å². The fraction of sp³-hybridized carbons (Fsp3) is 0.706. The maximum Gasteiger partial charge on any atom is 0.328 e. The lowest BCUT2D eigenvalue weighted by atomic mass is 10.0. The highest BCUT2D eigenvalue weighted by Gasteiger charge is 2.32. The van der Waals surface area contributed by atoms with Crippen molar-refractivity contribution in [3.63, 3.8) is 0 Å². The van der Waals surface area contributed by atoms with E-state index in [9.17, 15) is 9.59 Å². The molecular weight excluding hydrogens is 308 g/mol. The molecule has 1 amide bonds. The van der Waals surface area contributed by atoms with Crippen LogP contribution in [0.25, 0.3) is 0 Å². The van der Waals surface area contributed by atoms with Gasteiger partial charge in [0.05, 0.1) is 18.5 Å². The Kier molecular flexibility index (Phi) is 5.50. The summed E-state index contributed by atoms with van der Waals surface area (Å²) in [7, 11) is 1.38. The molecule has 24 heavy (non-hydrogen) atoms. The van der Waals surface area contributed by atoms with Crippen molar-refractivity contribution in [3.8, 4) is 0 Å². The third-order valence-corrected chi connectivity index (χ3v) is 4.83. The molecule has 0 bridgehead atoms. The summed E-state index contributed by atoms with van der Waals surface area (Å²) >= 11 is 0. The molecule has 1 atom stereocenters. The molecule has 0 saturated carbocycles. The zero-order valence-corrected chi connectivity index (χ0v) is 14.3. The van der Waals surface area contributed by atoms with Crippen LogP contribution < -0.4 is 5.32 Å². The van der Waals surface area contributed by atoms with Gasteiger partial charge in [0.1, 0.15) is 6.04 Å². The molecular formula is C17H26N4O3. The highest BCUT2D eigenvalue weighted by molar-refractivity contribution is 5.84. The van der Waals surface area contributed by atoms with Gasteiger partial charge < -0.3 is 15.0 Å². The number of rotatable bonds is 4. The van der Waals surface area contributed by atoms with Crippen molar-refractivity contribution < 1.29 is 14.3 Å². The van der Waals surface area contributed by atoms with E-state index >= 15 is 0 Å². The van der Waals surface area contributed by atoms with Crippen molar-refractivity contribution in [1.82, 2.24) is 20.0 Å². The lowest BCUT2D eigenvalue weighted by molar-refractivity contribution is -0.154. The van der Waals surface area contributed by atoms with Gasteiger partial charge in [0.25, 0.3) is 0 Å². The summed E-state index contributed by atoms with van der Waals surface area (Å²) in [5, 5.41) is 7.98. The zero-order chi connectivity index (χ0) is 16.9. The molecule has 0 spiro atoms. The molecule has 1 aromatic rings. The Balaban J connectivity index is 1.59. The Labute approximate surface area is 142 Å². The van der Waals surface area contributed by atoms with Crippen LogP contribution in [0, 0.1) is 0 Å². The maximum atomic E-state index is 12.6. The van der Waals surface area contributed by atoms with Crippen molar-refractivity contribution >= 4 is 11.9 Å². The Morgan fingerprint density at radius 3 is 3.04 bits per heavy atom. The predicted molar refractivity (Wildman–Crippen MR) is 88.2 cm³/mol. The topological polar surface area (TPSA) is 76.5 Å². The van der Waals surface area contributed by atoms with Gasteiger partial charge in [-0.25, -0.2) is 4.79 Å². The minimum Gasteiger partial charge on any atom is -0.467 e. The van der Waals surface area contributed by atoms with Crippen molar-refractivity contribution in [2.45, 2.75) is 57.7 Å². The quantitative estimate of drug-likeness (QED) is 0.827. The normalized spacial score (nSPS) is 21.0. The first-order valence-electron chi connectivity index (χ1n) is 8.82. The van der Waals surface area contributed by atoms with Gasteiger partial charge in [-0.1, -0.05) is 0 Å². The lowest BCUT2D eigenvalue weighted by Gasteiger charge is -2.33. The van der Waals surface area contributed by atoms with Crippen LogP contribution in [0.2, 0.25) is 0 Å². The summed E-state index contributed by atoms with van der Waals surface area (Å²) in [5.74, 6) is -0.283. The van der Waals surface area contributed by atoms with Crippen LogP contribution in [0.4, 0.5) is 0 Å². The monoisotopic (exact) mass is 334 g/mol. The van der Waals surface area contributed by atoms with Crippen LogP contribution in [0.1, 0.15) is 43.5 Å². The fourth-order valence-corrected chi connectivity index (χ4v) is 3.53. The molecule has 1 fully saturated rings. The Morgan fingerprint density at radius 2 is 2.21 bits per heavy atom. The largest absolute Gasteiger partial charge is 0.467 e. The number of aryl methyl sites for hydroxylation is 2. The third kappa shape index (κ3) is 3.77. The maximum absolute atomic E-state index is 12.6. The van der Waals surface area contributed by atoms with Crippen LogP contribution >= 0.6 is 0 Å². The molecule has 1 saturated heterocycles. The summed E-state index contributed by atoms with van der Waals surface area (Å²) in [6.45, 7) is 3.41. The average molecular weight is 334 g/mol. The lowest BCUT2D eigenvalue weighted by Crippen LogP contribution is -2.48. The van der Waals surface area contributed by atoms with Gasteiger partial charge in [-0.15, -0.1) is 0 Å². The highest BCUT2D eigenvalue weighted by Crippen LogP contribution is 2.20. The number of hydrogen-bond acceptors (Lipinski definition) is 5. The summed E-state index contributed by atoms with van der Waals surface area (Å²) in [6.07, 6.45) is 4.68. The number of hydrogen-bond donors (Lipinski definition) is 1. The van der Waals surface area contributed by atoms with Crippen LogP contribution in [-0.2, 0) is 33.8 Å². The number of likely N-dealkylation sites (tertiary alicyclic amines) is 1. The number of carbonyl (C=O) groups excluding carboxylic acids is 2. The second kappa shape index (κ2) is 7.79. The predicted octanol–water partition coefficient (Wildman–Crippen LogP) is 0.863. The van der Waals surface area contributed by atoms with Gasteiger partial charge in [-0.05, 0) is 38.3 Å². The number of piperidine rings is 1. The molecule has 2 aliphatic heterocycles. The molecule has 0 radical (unpaired) electrons. The van der Waals surface area contributed by atoms with Crippen LogP contribution in [-0.4, -0.2) is 52.8 Å². The van der Waals surface area contributed by atoms with Crippen LogP contribution in [0.3, 0.4) is 0 Å².